The van der Waals surface area contributed by atoms with Crippen LogP contribution < -0.4 is 0 Å². The Balaban J connectivity index is 2.27. The second kappa shape index (κ2) is 5.10. The molecule has 0 aliphatic heterocycles. The highest BCUT2D eigenvalue weighted by molar-refractivity contribution is 6.13. The van der Waals surface area contributed by atoms with Gasteiger partial charge in [0.25, 0.3) is 0 Å². The van der Waals surface area contributed by atoms with E-state index in [4.69, 9.17) is 0 Å². The minimum atomic E-state index is -0.126. The van der Waals surface area contributed by atoms with Gasteiger partial charge >= 0.3 is 0 Å². The molecule has 0 aliphatic carbocycles. The zero-order valence-electron chi connectivity index (χ0n) is 14.1. The molecule has 0 atom stereocenters. The van der Waals surface area contributed by atoms with Crippen LogP contribution in [-0.4, -0.2) is 14.7 Å². The maximum Gasteiger partial charge on any atom is 0.127 e. The lowest BCUT2D eigenvalue weighted by molar-refractivity contribution is 0.422. The predicted octanol–water partition coefficient (Wildman–Crippen LogP) is 5.32. The van der Waals surface area contributed by atoms with E-state index in [0.717, 1.165) is 22.2 Å². The molecule has 2 aromatic heterocycles. The maximum absolute atomic E-state index is 10.6. The molecular formula is C21H20N2O. The molecule has 3 nitrogen and oxygen atoms in total. The van der Waals surface area contributed by atoms with Crippen LogP contribution in [0, 0.1) is 0 Å². The third-order valence-corrected chi connectivity index (χ3v) is 4.41. The Morgan fingerprint density at radius 2 is 1.62 bits per heavy atom. The third-order valence-electron chi connectivity index (χ3n) is 4.41. The second-order valence-corrected chi connectivity index (χ2v) is 7.09. The van der Waals surface area contributed by atoms with Crippen LogP contribution in [0.1, 0.15) is 20.8 Å². The van der Waals surface area contributed by atoms with E-state index >= 15 is 0 Å². The molecular weight excluding hydrogens is 296 g/mol. The van der Waals surface area contributed by atoms with Crippen LogP contribution in [0.5, 0.6) is 5.75 Å². The third kappa shape index (κ3) is 2.08. The molecule has 0 aliphatic rings. The zero-order valence-corrected chi connectivity index (χ0v) is 14.1. The molecule has 120 valence electrons. The first kappa shape index (κ1) is 14.8. The fourth-order valence-electron chi connectivity index (χ4n) is 3.51. The molecule has 0 unspecified atom stereocenters. The Morgan fingerprint density at radius 1 is 0.875 bits per heavy atom. The largest absolute Gasteiger partial charge is 0.507 e. The van der Waals surface area contributed by atoms with Crippen molar-refractivity contribution in [1.29, 1.82) is 0 Å². The van der Waals surface area contributed by atoms with Gasteiger partial charge in [0.15, 0.2) is 0 Å². The highest BCUT2D eigenvalue weighted by Gasteiger charge is 2.24. The number of phenols is 1. The summed E-state index contributed by atoms with van der Waals surface area (Å²) in [6.45, 7) is 6.56. The number of aromatic nitrogens is 2. The molecule has 0 bridgehead atoms. The van der Waals surface area contributed by atoms with E-state index in [9.17, 15) is 5.11 Å². The molecule has 3 heteroatoms. The number of nitrogens with zero attached hydrogens (tertiary/aromatic N) is 2. The summed E-state index contributed by atoms with van der Waals surface area (Å²) in [6, 6.07) is 17.9. The molecule has 0 saturated carbocycles. The van der Waals surface area contributed by atoms with Crippen molar-refractivity contribution in [2.45, 2.75) is 26.3 Å². The van der Waals surface area contributed by atoms with Crippen molar-refractivity contribution in [1.82, 2.24) is 9.55 Å². The van der Waals surface area contributed by atoms with E-state index in [2.05, 4.69) is 54.6 Å². The summed E-state index contributed by atoms with van der Waals surface area (Å²) in [4.78, 5) is 4.48. The van der Waals surface area contributed by atoms with Gasteiger partial charge in [-0.15, -0.1) is 0 Å². The summed E-state index contributed by atoms with van der Waals surface area (Å²) in [5.74, 6) is 0.259. The Kier molecular flexibility index (Phi) is 3.14. The SMILES string of the molecule is CC(C)(C)n1c2ccccc2c2ccc(O)c(-c3ccccn3)c21. The Morgan fingerprint density at radius 3 is 2.33 bits per heavy atom. The van der Waals surface area contributed by atoms with E-state index in [0.29, 0.717) is 0 Å². The molecule has 0 radical (unpaired) electrons. The summed E-state index contributed by atoms with van der Waals surface area (Å²) in [6.07, 6.45) is 1.76. The fraction of sp³-hybridized carbons (Fsp3) is 0.190. The molecule has 2 heterocycles. The molecule has 2 aromatic carbocycles. The molecule has 0 saturated heterocycles. The van der Waals surface area contributed by atoms with Gasteiger partial charge in [-0.2, -0.15) is 0 Å². The number of hydrogen-bond acceptors (Lipinski definition) is 2. The first-order valence-electron chi connectivity index (χ1n) is 8.15. The van der Waals surface area contributed by atoms with Gasteiger partial charge in [0, 0.05) is 28.0 Å². The summed E-state index contributed by atoms with van der Waals surface area (Å²) in [5.41, 5.74) is 3.65. The molecule has 24 heavy (non-hydrogen) atoms. The highest BCUT2D eigenvalue weighted by Crippen LogP contribution is 2.42. The van der Waals surface area contributed by atoms with Crippen molar-refractivity contribution in [2.24, 2.45) is 0 Å². The van der Waals surface area contributed by atoms with Gasteiger partial charge in [-0.05, 0) is 51.1 Å². The standard InChI is InChI=1S/C21H20N2O/c1-21(2,3)23-17-10-5-4-8-14(17)15-11-12-18(24)19(20(15)23)16-9-6-7-13-22-16/h4-13,24H,1-3H3. The van der Waals surface area contributed by atoms with Gasteiger partial charge in [0.2, 0.25) is 0 Å². The van der Waals surface area contributed by atoms with E-state index in [1.165, 1.54) is 10.9 Å². The summed E-state index contributed by atoms with van der Waals surface area (Å²) in [7, 11) is 0. The quantitative estimate of drug-likeness (QED) is 0.516. The Labute approximate surface area is 141 Å². The van der Waals surface area contributed by atoms with Crippen LogP contribution in [0.4, 0.5) is 0 Å². The lowest BCUT2D eigenvalue weighted by Crippen LogP contribution is -2.21. The van der Waals surface area contributed by atoms with Crippen molar-refractivity contribution in [3.05, 3.63) is 60.8 Å². The lowest BCUT2D eigenvalue weighted by atomic mass is 10.0. The van der Waals surface area contributed by atoms with Gasteiger partial charge in [0.05, 0.1) is 16.8 Å². The van der Waals surface area contributed by atoms with Gasteiger partial charge in [-0.3, -0.25) is 4.98 Å². The number of hydrogen-bond donors (Lipinski definition) is 1. The van der Waals surface area contributed by atoms with Crippen molar-refractivity contribution in [3.63, 3.8) is 0 Å². The lowest BCUT2D eigenvalue weighted by Gasteiger charge is -2.25. The normalized spacial score (nSPS) is 12.1. The van der Waals surface area contributed by atoms with Crippen LogP contribution in [0.3, 0.4) is 0 Å². The highest BCUT2D eigenvalue weighted by atomic mass is 16.3. The van der Waals surface area contributed by atoms with Crippen molar-refractivity contribution < 1.29 is 5.11 Å². The monoisotopic (exact) mass is 316 g/mol. The van der Waals surface area contributed by atoms with Crippen LogP contribution in [0.2, 0.25) is 0 Å². The summed E-state index contributed by atoms with van der Waals surface area (Å²) in [5, 5.41) is 13.0. The van der Waals surface area contributed by atoms with E-state index in [1.54, 1.807) is 12.3 Å². The zero-order chi connectivity index (χ0) is 16.9. The summed E-state index contributed by atoms with van der Waals surface area (Å²) >= 11 is 0. The van der Waals surface area contributed by atoms with Crippen molar-refractivity contribution in [3.8, 4) is 17.0 Å². The van der Waals surface area contributed by atoms with Crippen LogP contribution >= 0.6 is 0 Å². The predicted molar refractivity (Wildman–Crippen MR) is 99.3 cm³/mol. The smallest absolute Gasteiger partial charge is 0.127 e. The number of benzene rings is 2. The van der Waals surface area contributed by atoms with E-state index in [1.807, 2.05) is 24.3 Å². The van der Waals surface area contributed by atoms with Crippen LogP contribution in [0.15, 0.2) is 60.8 Å². The maximum atomic E-state index is 10.6. The number of phenolic OH excluding ortho intramolecular Hbond substituents is 1. The van der Waals surface area contributed by atoms with E-state index < -0.39 is 0 Å². The number of rotatable bonds is 1. The van der Waals surface area contributed by atoms with Gasteiger partial charge in [-0.25, -0.2) is 0 Å². The number of pyridine rings is 1. The topological polar surface area (TPSA) is 38.0 Å². The Hall–Kier alpha value is -2.81. The first-order valence-corrected chi connectivity index (χ1v) is 8.15. The molecule has 1 N–H and O–H groups in total. The van der Waals surface area contributed by atoms with Crippen LogP contribution in [0.25, 0.3) is 33.1 Å². The fourth-order valence-corrected chi connectivity index (χ4v) is 3.51. The van der Waals surface area contributed by atoms with Gasteiger partial charge in [-0.1, -0.05) is 24.3 Å². The molecule has 0 fully saturated rings. The molecule has 4 rings (SSSR count). The first-order chi connectivity index (χ1) is 11.5. The number of aromatic hydroxyl groups is 1. The molecule has 0 spiro atoms. The Bertz CT molecular complexity index is 1040. The van der Waals surface area contributed by atoms with Crippen molar-refractivity contribution in [2.75, 3.05) is 0 Å². The molecule has 0 amide bonds. The number of fused-ring (bicyclic) bond motifs is 3. The van der Waals surface area contributed by atoms with Gasteiger partial charge < -0.3 is 9.67 Å². The van der Waals surface area contributed by atoms with Crippen molar-refractivity contribution >= 4 is 21.8 Å². The van der Waals surface area contributed by atoms with Gasteiger partial charge in [0.1, 0.15) is 5.75 Å². The average molecular weight is 316 g/mol. The molecule has 4 aromatic rings. The number of para-hydroxylation sites is 1. The minimum Gasteiger partial charge on any atom is -0.507 e. The second-order valence-electron chi connectivity index (χ2n) is 7.09. The average Bonchev–Trinajstić information content (AvgIpc) is 2.90. The minimum absolute atomic E-state index is 0.126. The van der Waals surface area contributed by atoms with Crippen LogP contribution in [-0.2, 0) is 5.54 Å². The summed E-state index contributed by atoms with van der Waals surface area (Å²) < 4.78 is 2.31. The van der Waals surface area contributed by atoms with E-state index in [-0.39, 0.29) is 11.3 Å².